The molecule has 132 valence electrons. The van der Waals surface area contributed by atoms with Gasteiger partial charge >= 0.3 is 0 Å². The van der Waals surface area contributed by atoms with Crippen molar-refractivity contribution in [3.8, 4) is 0 Å². The minimum Gasteiger partial charge on any atom is -0.394 e. The lowest BCUT2D eigenvalue weighted by molar-refractivity contribution is -0.238. The van der Waals surface area contributed by atoms with Crippen LogP contribution in [0.3, 0.4) is 0 Å². The highest BCUT2D eigenvalue weighted by molar-refractivity contribution is 5.05. The largest absolute Gasteiger partial charge is 0.394 e. The second-order valence-electron chi connectivity index (χ2n) is 5.60. The molecule has 2 atom stereocenters. The molecule has 0 aromatic rings. The van der Waals surface area contributed by atoms with E-state index in [4.69, 9.17) is 4.74 Å². The topological polar surface area (TPSA) is 90.2 Å². The van der Waals surface area contributed by atoms with Gasteiger partial charge in [0.1, 0.15) is 23.4 Å². The van der Waals surface area contributed by atoms with Crippen molar-refractivity contribution in [2.45, 2.75) is 49.1 Å². The van der Waals surface area contributed by atoms with E-state index in [2.05, 4.69) is 26.3 Å². The van der Waals surface area contributed by atoms with E-state index in [-0.39, 0.29) is 25.7 Å². The second-order valence-corrected chi connectivity index (χ2v) is 5.60. The lowest BCUT2D eigenvalue weighted by Crippen LogP contribution is -2.57. The Bertz CT molecular complexity index is 335. The van der Waals surface area contributed by atoms with Crippen LogP contribution >= 0.6 is 0 Å². The van der Waals surface area contributed by atoms with E-state index in [9.17, 15) is 20.4 Å². The molecule has 0 saturated carbocycles. The Kier molecular flexibility index (Phi) is 9.95. The van der Waals surface area contributed by atoms with E-state index in [1.807, 2.05) is 0 Å². The van der Waals surface area contributed by atoms with Crippen LogP contribution < -0.4 is 0 Å². The van der Waals surface area contributed by atoms with E-state index < -0.39 is 36.6 Å². The minimum absolute atomic E-state index is 0.231. The lowest BCUT2D eigenvalue weighted by atomic mass is 9.83. The first-order valence-electron chi connectivity index (χ1n) is 7.63. The number of aliphatic hydroxyl groups excluding tert-OH is 4. The van der Waals surface area contributed by atoms with Crippen LogP contribution in [0.25, 0.3) is 0 Å². The zero-order chi connectivity index (χ0) is 17.9. The van der Waals surface area contributed by atoms with Gasteiger partial charge in [0.2, 0.25) is 0 Å². The fourth-order valence-electron chi connectivity index (χ4n) is 2.73. The van der Waals surface area contributed by atoms with E-state index in [1.165, 1.54) is 0 Å². The molecule has 0 fully saturated rings. The molecule has 0 aromatic heterocycles. The zero-order valence-corrected chi connectivity index (χ0v) is 13.7. The van der Waals surface area contributed by atoms with Crippen LogP contribution in [-0.2, 0) is 4.74 Å². The molecule has 0 aliphatic heterocycles. The van der Waals surface area contributed by atoms with Crippen molar-refractivity contribution in [3.63, 3.8) is 0 Å². The summed E-state index contributed by atoms with van der Waals surface area (Å²) in [5, 5.41) is 39.5. The molecule has 0 radical (unpaired) electrons. The molecule has 0 heterocycles. The predicted molar refractivity (Wildman–Crippen MR) is 92.0 cm³/mol. The molecule has 0 bridgehead atoms. The molecule has 0 aliphatic carbocycles. The third kappa shape index (κ3) is 5.41. The van der Waals surface area contributed by atoms with Crippen LogP contribution in [0.15, 0.2) is 50.6 Å². The third-order valence-electron chi connectivity index (χ3n) is 3.93. The minimum atomic E-state index is -1.22. The zero-order valence-electron chi connectivity index (χ0n) is 13.7. The monoisotopic (exact) mass is 326 g/mol. The molecule has 4 N–H and O–H groups in total. The van der Waals surface area contributed by atoms with E-state index in [0.717, 1.165) is 0 Å². The van der Waals surface area contributed by atoms with E-state index in [1.54, 1.807) is 24.3 Å². The Hall–Kier alpha value is -1.24. The summed E-state index contributed by atoms with van der Waals surface area (Å²) in [4.78, 5) is 0. The first-order chi connectivity index (χ1) is 10.9. The summed E-state index contributed by atoms with van der Waals surface area (Å²) in [6, 6.07) is 0. The summed E-state index contributed by atoms with van der Waals surface area (Å²) in [5.41, 5.74) is -2.44. The number of aliphatic hydroxyl groups is 4. The highest BCUT2D eigenvalue weighted by atomic mass is 16.6. The van der Waals surface area contributed by atoms with Gasteiger partial charge in [-0.1, -0.05) is 24.3 Å². The van der Waals surface area contributed by atoms with Crippen molar-refractivity contribution in [2.75, 3.05) is 13.2 Å². The molecule has 5 heteroatoms. The molecule has 2 unspecified atom stereocenters. The van der Waals surface area contributed by atoms with Gasteiger partial charge in [-0.2, -0.15) is 0 Å². The van der Waals surface area contributed by atoms with Crippen LogP contribution in [0.5, 0.6) is 0 Å². The molecule has 0 aromatic carbocycles. The van der Waals surface area contributed by atoms with Gasteiger partial charge in [-0.05, 0) is 25.7 Å². The SMILES string of the molecule is C=CCC(CC=C)(OC(CC=C)(CC=C)C(O)CO)C(O)CO. The molecule has 5 nitrogen and oxygen atoms in total. The Balaban J connectivity index is 5.97. The molecule has 0 aliphatic rings. The molecule has 0 amide bonds. The second kappa shape index (κ2) is 10.5. The average molecular weight is 326 g/mol. The first kappa shape index (κ1) is 21.8. The highest BCUT2D eigenvalue weighted by Crippen LogP contribution is 2.37. The fourth-order valence-corrected chi connectivity index (χ4v) is 2.73. The van der Waals surface area contributed by atoms with Gasteiger partial charge in [-0.15, -0.1) is 26.3 Å². The molecule has 0 saturated heterocycles. The predicted octanol–water partition coefficient (Wildman–Crippen LogP) is 1.49. The molecule has 0 rings (SSSR count). The van der Waals surface area contributed by atoms with Crippen molar-refractivity contribution < 1.29 is 25.2 Å². The van der Waals surface area contributed by atoms with Crippen LogP contribution in [0.2, 0.25) is 0 Å². The Morgan fingerprint density at radius 1 is 0.696 bits per heavy atom. The fraction of sp³-hybridized carbons (Fsp3) is 0.556. The quantitative estimate of drug-likeness (QED) is 0.363. The maximum atomic E-state index is 10.3. The lowest BCUT2D eigenvalue weighted by Gasteiger charge is -2.47. The third-order valence-corrected chi connectivity index (χ3v) is 3.93. The number of hydrogen-bond acceptors (Lipinski definition) is 5. The van der Waals surface area contributed by atoms with Crippen molar-refractivity contribution in [1.82, 2.24) is 0 Å². The summed E-state index contributed by atoms with van der Waals surface area (Å²) < 4.78 is 6.19. The Labute approximate surface area is 138 Å². The maximum absolute atomic E-state index is 10.3. The van der Waals surface area contributed by atoms with Crippen LogP contribution in [-0.4, -0.2) is 57.0 Å². The Morgan fingerprint density at radius 2 is 0.957 bits per heavy atom. The first-order valence-corrected chi connectivity index (χ1v) is 7.63. The number of hydrogen-bond donors (Lipinski definition) is 4. The van der Waals surface area contributed by atoms with Gasteiger partial charge in [0.15, 0.2) is 0 Å². The highest BCUT2D eigenvalue weighted by Gasteiger charge is 2.47. The van der Waals surface area contributed by atoms with Crippen LogP contribution in [0.1, 0.15) is 25.7 Å². The van der Waals surface area contributed by atoms with Crippen molar-refractivity contribution in [2.24, 2.45) is 0 Å². The van der Waals surface area contributed by atoms with Gasteiger partial charge in [0.25, 0.3) is 0 Å². The summed E-state index contributed by atoms with van der Waals surface area (Å²) in [6.07, 6.45) is 4.78. The summed E-state index contributed by atoms with van der Waals surface area (Å²) in [7, 11) is 0. The van der Waals surface area contributed by atoms with Gasteiger partial charge in [-0.25, -0.2) is 0 Å². The Morgan fingerprint density at radius 3 is 1.13 bits per heavy atom. The molecule has 23 heavy (non-hydrogen) atoms. The van der Waals surface area contributed by atoms with Crippen LogP contribution in [0, 0.1) is 0 Å². The van der Waals surface area contributed by atoms with E-state index >= 15 is 0 Å². The normalized spacial score (nSPS) is 14.8. The summed E-state index contributed by atoms with van der Waals surface area (Å²) in [5.74, 6) is 0. The average Bonchev–Trinajstić information content (AvgIpc) is 2.53. The van der Waals surface area contributed by atoms with Crippen molar-refractivity contribution in [1.29, 1.82) is 0 Å². The summed E-state index contributed by atoms with van der Waals surface area (Å²) >= 11 is 0. The molecular weight excluding hydrogens is 296 g/mol. The van der Waals surface area contributed by atoms with Gasteiger partial charge in [-0.3, -0.25) is 0 Å². The van der Waals surface area contributed by atoms with Gasteiger partial charge in [0, 0.05) is 0 Å². The smallest absolute Gasteiger partial charge is 0.107 e. The van der Waals surface area contributed by atoms with E-state index in [0.29, 0.717) is 0 Å². The van der Waals surface area contributed by atoms with Crippen molar-refractivity contribution >= 4 is 0 Å². The number of rotatable bonds is 14. The summed E-state index contributed by atoms with van der Waals surface area (Å²) in [6.45, 7) is 13.7. The standard InChI is InChI=1S/C18H30O5/c1-5-9-17(10-6-2,15(21)13-19)23-18(11-7-3,12-8-4)16(22)14-20/h5-8,15-16,19-22H,1-4,9-14H2. The van der Waals surface area contributed by atoms with Crippen molar-refractivity contribution in [3.05, 3.63) is 50.6 Å². The van der Waals surface area contributed by atoms with Gasteiger partial charge < -0.3 is 25.2 Å². The number of ether oxygens (including phenoxy) is 1. The van der Waals surface area contributed by atoms with Crippen LogP contribution in [0.4, 0.5) is 0 Å². The maximum Gasteiger partial charge on any atom is 0.107 e. The molecule has 0 spiro atoms. The van der Waals surface area contributed by atoms with Gasteiger partial charge in [0.05, 0.1) is 13.2 Å². The molecular formula is C18H30O5.